The van der Waals surface area contributed by atoms with Crippen LogP contribution in [0.15, 0.2) is 48.8 Å². The molecule has 188 valence electrons. The molecule has 1 saturated heterocycles. The van der Waals surface area contributed by atoms with Crippen LogP contribution in [0.1, 0.15) is 28.7 Å². The van der Waals surface area contributed by atoms with Crippen molar-refractivity contribution in [1.29, 1.82) is 5.26 Å². The number of aromatic amines is 1. The number of rotatable bonds is 7. The van der Waals surface area contributed by atoms with Gasteiger partial charge in [0.05, 0.1) is 35.5 Å². The highest BCUT2D eigenvalue weighted by molar-refractivity contribution is 6.00. The number of benzene rings is 1. The normalized spacial score (nSPS) is 13.2. The first-order valence-corrected chi connectivity index (χ1v) is 11.8. The van der Waals surface area contributed by atoms with Crippen molar-refractivity contribution in [2.45, 2.75) is 20.0 Å². The molecule has 0 radical (unpaired) electrons. The van der Waals surface area contributed by atoms with Gasteiger partial charge in [-0.15, -0.1) is 10.2 Å². The summed E-state index contributed by atoms with van der Waals surface area (Å²) in [5.41, 5.74) is 4.47. The Morgan fingerprint density at radius 3 is 2.79 bits per heavy atom. The number of Topliss-reactive ketones (excluding diaryl/α,β-unsaturated/α-hetero) is 1. The lowest BCUT2D eigenvalue weighted by Gasteiger charge is -2.25. The molecule has 12 nitrogen and oxygen atoms in total. The molecule has 0 spiro atoms. The highest BCUT2D eigenvalue weighted by Crippen LogP contribution is 2.30. The minimum Gasteiger partial charge on any atom is -0.468 e. The molecule has 38 heavy (non-hydrogen) atoms. The van der Waals surface area contributed by atoms with Crippen molar-refractivity contribution in [2.24, 2.45) is 0 Å². The lowest BCUT2D eigenvalue weighted by Crippen LogP contribution is -2.38. The molecule has 0 bridgehead atoms. The summed E-state index contributed by atoms with van der Waals surface area (Å²) in [6.45, 7) is 4.39. The van der Waals surface area contributed by atoms with E-state index in [2.05, 4.69) is 36.8 Å². The van der Waals surface area contributed by atoms with E-state index in [-0.39, 0.29) is 17.6 Å². The number of carbonyl (C=O) groups is 1. The van der Waals surface area contributed by atoms with E-state index in [0.29, 0.717) is 53.2 Å². The summed E-state index contributed by atoms with van der Waals surface area (Å²) in [6, 6.07) is 14.8. The van der Waals surface area contributed by atoms with Crippen LogP contribution in [0.5, 0.6) is 5.88 Å². The Kier molecular flexibility index (Phi) is 5.74. The van der Waals surface area contributed by atoms with Gasteiger partial charge in [0.1, 0.15) is 24.3 Å². The van der Waals surface area contributed by atoms with Crippen molar-refractivity contribution in [1.82, 2.24) is 34.9 Å². The molecule has 5 heterocycles. The lowest BCUT2D eigenvalue weighted by molar-refractivity contribution is -0.0816. The topological polar surface area (TPSA) is 157 Å². The first-order chi connectivity index (χ1) is 18.5. The fourth-order valence-electron chi connectivity index (χ4n) is 4.18. The minimum absolute atomic E-state index is 0.0296. The van der Waals surface area contributed by atoms with Crippen molar-refractivity contribution >= 4 is 28.3 Å². The number of aryl methyl sites for hydroxylation is 1. The largest absolute Gasteiger partial charge is 0.468 e. The number of carbonyl (C=O) groups excluding carboxylic acids is 1. The molecular weight excluding hydrogens is 486 g/mol. The van der Waals surface area contributed by atoms with Gasteiger partial charge in [-0.3, -0.25) is 14.5 Å². The fourth-order valence-corrected chi connectivity index (χ4v) is 4.18. The SMILES string of the molecule is CC(=O)c1ccc(-n2cnc3cc(Nc4ccc(OC5COC5)nn4)ccc32)nc1-c1c(C#N)n[nH]c1C. The molecule has 0 aliphatic carbocycles. The number of H-pyrrole nitrogens is 1. The number of nitrogens with zero attached hydrogens (tertiary/aromatic N) is 7. The smallest absolute Gasteiger partial charge is 0.233 e. The summed E-state index contributed by atoms with van der Waals surface area (Å²) < 4.78 is 12.6. The van der Waals surface area contributed by atoms with Crippen LogP contribution in [0, 0.1) is 18.3 Å². The van der Waals surface area contributed by atoms with Crippen molar-refractivity contribution in [3.63, 3.8) is 0 Å². The first kappa shape index (κ1) is 23.3. The standard InChI is InChI=1S/C26H21N9O3/c1-14-25(20(10-27)32-31-14)26-18(15(2)36)4-7-23(30-26)35-13-28-19-9-16(3-5-21(19)35)29-22-6-8-24(34-33-22)38-17-11-37-12-17/h3-9,13,17H,11-12H2,1-2H3,(H,29,33)(H,31,32). The Bertz CT molecular complexity index is 1710. The summed E-state index contributed by atoms with van der Waals surface area (Å²) in [5, 5.41) is 27.9. The van der Waals surface area contributed by atoms with Gasteiger partial charge >= 0.3 is 0 Å². The maximum absolute atomic E-state index is 12.4. The Morgan fingerprint density at radius 2 is 2.08 bits per heavy atom. The van der Waals surface area contributed by atoms with Crippen LogP contribution in [-0.4, -0.2) is 60.0 Å². The van der Waals surface area contributed by atoms with Crippen LogP contribution in [0.25, 0.3) is 28.1 Å². The van der Waals surface area contributed by atoms with Gasteiger partial charge in [-0.25, -0.2) is 9.97 Å². The number of nitrogens with one attached hydrogen (secondary N) is 2. The summed E-state index contributed by atoms with van der Waals surface area (Å²) >= 11 is 0. The van der Waals surface area contributed by atoms with E-state index in [0.717, 1.165) is 16.7 Å². The molecule has 0 saturated carbocycles. The quantitative estimate of drug-likeness (QED) is 0.312. The molecular formula is C26H21N9O3. The zero-order chi connectivity index (χ0) is 26.2. The van der Waals surface area contributed by atoms with E-state index in [1.54, 1.807) is 37.5 Å². The number of ether oxygens (including phenoxy) is 2. The highest BCUT2D eigenvalue weighted by atomic mass is 16.6. The molecule has 1 aromatic carbocycles. The van der Waals surface area contributed by atoms with Crippen LogP contribution in [0.3, 0.4) is 0 Å². The molecule has 0 atom stereocenters. The number of aromatic nitrogens is 7. The van der Waals surface area contributed by atoms with Gasteiger partial charge in [-0.05, 0) is 50.2 Å². The predicted octanol–water partition coefficient (Wildman–Crippen LogP) is 3.50. The van der Waals surface area contributed by atoms with Crippen molar-refractivity contribution < 1.29 is 14.3 Å². The van der Waals surface area contributed by atoms with Gasteiger partial charge in [-0.2, -0.15) is 10.4 Å². The Labute approximate surface area is 216 Å². The minimum atomic E-state index is -0.158. The summed E-state index contributed by atoms with van der Waals surface area (Å²) in [6.07, 6.45) is 1.69. The third-order valence-electron chi connectivity index (χ3n) is 6.15. The third kappa shape index (κ3) is 4.21. The summed E-state index contributed by atoms with van der Waals surface area (Å²) in [7, 11) is 0. The van der Waals surface area contributed by atoms with Crippen molar-refractivity contribution in [2.75, 3.05) is 18.5 Å². The molecule has 2 N–H and O–H groups in total. The highest BCUT2D eigenvalue weighted by Gasteiger charge is 2.22. The molecule has 0 amide bonds. The average molecular weight is 508 g/mol. The monoisotopic (exact) mass is 507 g/mol. The number of ketones is 1. The number of fused-ring (bicyclic) bond motifs is 1. The maximum Gasteiger partial charge on any atom is 0.233 e. The zero-order valence-corrected chi connectivity index (χ0v) is 20.5. The zero-order valence-electron chi connectivity index (χ0n) is 20.5. The number of imidazole rings is 1. The number of hydrogen-bond donors (Lipinski definition) is 2. The van der Waals surface area contributed by atoms with Gasteiger partial charge in [-0.1, -0.05) is 0 Å². The number of anilines is 2. The van der Waals surface area contributed by atoms with Crippen LogP contribution in [0.4, 0.5) is 11.5 Å². The first-order valence-electron chi connectivity index (χ1n) is 11.8. The Balaban J connectivity index is 1.30. The van der Waals surface area contributed by atoms with Crippen molar-refractivity contribution in [3.8, 4) is 29.0 Å². The van der Waals surface area contributed by atoms with Crippen LogP contribution in [0.2, 0.25) is 0 Å². The van der Waals surface area contributed by atoms with Gasteiger partial charge in [0.15, 0.2) is 17.3 Å². The number of hydrogen-bond acceptors (Lipinski definition) is 10. The predicted molar refractivity (Wildman–Crippen MR) is 136 cm³/mol. The number of pyridine rings is 1. The van der Waals surface area contributed by atoms with E-state index in [4.69, 9.17) is 14.5 Å². The molecule has 12 heteroatoms. The van der Waals surface area contributed by atoms with E-state index in [1.807, 2.05) is 22.8 Å². The molecule has 5 aromatic rings. The van der Waals surface area contributed by atoms with E-state index >= 15 is 0 Å². The van der Waals surface area contributed by atoms with E-state index in [9.17, 15) is 10.1 Å². The van der Waals surface area contributed by atoms with Gasteiger partial charge in [0.25, 0.3) is 0 Å². The van der Waals surface area contributed by atoms with Crippen LogP contribution < -0.4 is 10.1 Å². The van der Waals surface area contributed by atoms with Crippen LogP contribution in [-0.2, 0) is 4.74 Å². The summed E-state index contributed by atoms with van der Waals surface area (Å²) in [4.78, 5) is 21.7. The second kappa shape index (κ2) is 9.38. The molecule has 6 rings (SSSR count). The van der Waals surface area contributed by atoms with Gasteiger partial charge in [0, 0.05) is 23.0 Å². The van der Waals surface area contributed by atoms with Crippen LogP contribution >= 0.6 is 0 Å². The lowest BCUT2D eigenvalue weighted by atomic mass is 10.0. The molecule has 1 aliphatic rings. The Morgan fingerprint density at radius 1 is 1.21 bits per heavy atom. The third-order valence-corrected chi connectivity index (χ3v) is 6.15. The molecule has 4 aromatic heterocycles. The second-order valence-electron chi connectivity index (χ2n) is 8.78. The Hall–Kier alpha value is -5.15. The van der Waals surface area contributed by atoms with Gasteiger partial charge in [0.2, 0.25) is 5.88 Å². The van der Waals surface area contributed by atoms with Crippen molar-refractivity contribution in [3.05, 3.63) is 65.7 Å². The number of nitriles is 1. The fraction of sp³-hybridized carbons (Fsp3) is 0.192. The molecule has 1 fully saturated rings. The van der Waals surface area contributed by atoms with Gasteiger partial charge < -0.3 is 14.8 Å². The maximum atomic E-state index is 12.4. The summed E-state index contributed by atoms with van der Waals surface area (Å²) in [5.74, 6) is 1.41. The molecule has 0 unspecified atom stereocenters. The van der Waals surface area contributed by atoms with E-state index in [1.165, 1.54) is 6.92 Å². The average Bonchev–Trinajstić information content (AvgIpc) is 3.49. The molecule has 1 aliphatic heterocycles. The second-order valence-corrected chi connectivity index (χ2v) is 8.78. The van der Waals surface area contributed by atoms with E-state index < -0.39 is 0 Å².